The van der Waals surface area contributed by atoms with Gasteiger partial charge in [-0.1, -0.05) is 36.4 Å². The molecule has 0 bridgehead atoms. The first-order valence-electron chi connectivity index (χ1n) is 9.07. The maximum atomic E-state index is 13.3. The number of carbonyl (C=O) groups excluding carboxylic acids is 1. The second kappa shape index (κ2) is 7.08. The molecule has 1 aromatic carbocycles. The van der Waals surface area contributed by atoms with Gasteiger partial charge in [0.2, 0.25) is 0 Å². The smallest absolute Gasteiger partial charge is 0.258 e. The molecule has 134 valence electrons. The zero-order valence-corrected chi connectivity index (χ0v) is 16.0. The Morgan fingerprint density at radius 1 is 1.19 bits per heavy atom. The lowest BCUT2D eigenvalue weighted by atomic mass is 10.1. The molecule has 26 heavy (non-hydrogen) atoms. The molecule has 1 aliphatic heterocycles. The van der Waals surface area contributed by atoms with Crippen molar-refractivity contribution >= 4 is 17.2 Å². The molecule has 1 amide bonds. The van der Waals surface area contributed by atoms with Crippen molar-refractivity contribution in [2.75, 3.05) is 6.54 Å². The van der Waals surface area contributed by atoms with E-state index in [2.05, 4.69) is 34.7 Å². The van der Waals surface area contributed by atoms with Gasteiger partial charge in [-0.05, 0) is 43.7 Å². The molecule has 3 aromatic rings. The molecule has 0 saturated carbocycles. The summed E-state index contributed by atoms with van der Waals surface area (Å²) in [5.41, 5.74) is 3.73. The number of likely N-dealkylation sites (tertiary alicyclic amines) is 1. The summed E-state index contributed by atoms with van der Waals surface area (Å²) >= 11 is 1.74. The summed E-state index contributed by atoms with van der Waals surface area (Å²) in [4.78, 5) is 16.7. The third-order valence-corrected chi connectivity index (χ3v) is 6.13. The van der Waals surface area contributed by atoms with Crippen LogP contribution in [0.2, 0.25) is 0 Å². The molecule has 2 aromatic heterocycles. The Bertz CT molecular complexity index is 899. The van der Waals surface area contributed by atoms with Gasteiger partial charge >= 0.3 is 0 Å². The fraction of sp³-hybridized carbons (Fsp3) is 0.333. The summed E-state index contributed by atoms with van der Waals surface area (Å²) in [6.45, 7) is 5.46. The first-order valence-corrected chi connectivity index (χ1v) is 9.95. The molecule has 3 heterocycles. The van der Waals surface area contributed by atoms with Crippen molar-refractivity contribution in [2.24, 2.45) is 0 Å². The minimum Gasteiger partial charge on any atom is -0.331 e. The van der Waals surface area contributed by atoms with Gasteiger partial charge in [0.25, 0.3) is 5.91 Å². The van der Waals surface area contributed by atoms with Crippen LogP contribution in [0.5, 0.6) is 0 Å². The second-order valence-electron chi connectivity index (χ2n) is 6.86. The number of rotatable bonds is 4. The Morgan fingerprint density at radius 3 is 2.73 bits per heavy atom. The molecule has 1 aliphatic rings. The molecule has 0 spiro atoms. The average molecular weight is 366 g/mol. The van der Waals surface area contributed by atoms with E-state index in [1.165, 1.54) is 10.4 Å². The van der Waals surface area contributed by atoms with Crippen LogP contribution >= 0.6 is 11.3 Å². The number of thiophene rings is 1. The fourth-order valence-corrected chi connectivity index (χ4v) is 4.72. The van der Waals surface area contributed by atoms with Crippen LogP contribution in [-0.4, -0.2) is 27.1 Å². The van der Waals surface area contributed by atoms with Crippen molar-refractivity contribution in [3.05, 3.63) is 75.2 Å². The number of benzene rings is 1. The second-order valence-corrected chi connectivity index (χ2v) is 7.84. The lowest BCUT2D eigenvalue weighted by Crippen LogP contribution is -2.31. The highest BCUT2D eigenvalue weighted by Crippen LogP contribution is 2.36. The van der Waals surface area contributed by atoms with Gasteiger partial charge in [-0.3, -0.25) is 9.48 Å². The summed E-state index contributed by atoms with van der Waals surface area (Å²) in [6, 6.07) is 14.7. The molecular formula is C21H23N3OS. The van der Waals surface area contributed by atoms with Gasteiger partial charge in [-0.25, -0.2) is 0 Å². The van der Waals surface area contributed by atoms with E-state index in [1.54, 1.807) is 11.3 Å². The van der Waals surface area contributed by atoms with Crippen LogP contribution in [0.3, 0.4) is 0 Å². The van der Waals surface area contributed by atoms with Crippen LogP contribution in [0, 0.1) is 13.8 Å². The van der Waals surface area contributed by atoms with Gasteiger partial charge in [-0.2, -0.15) is 5.10 Å². The van der Waals surface area contributed by atoms with Crippen LogP contribution in [0.25, 0.3) is 0 Å². The number of amides is 1. The van der Waals surface area contributed by atoms with Crippen LogP contribution < -0.4 is 0 Å². The SMILES string of the molecule is Cc1nn(Cc2ccccc2)c(C)c1C(=O)N1CCC[C@@H]1c1cccs1. The largest absolute Gasteiger partial charge is 0.331 e. The molecule has 4 nitrogen and oxygen atoms in total. The molecule has 5 heteroatoms. The van der Waals surface area contributed by atoms with Crippen LogP contribution in [-0.2, 0) is 6.54 Å². The summed E-state index contributed by atoms with van der Waals surface area (Å²) in [5, 5.41) is 6.75. The number of hydrogen-bond acceptors (Lipinski definition) is 3. The molecule has 1 fully saturated rings. The maximum Gasteiger partial charge on any atom is 0.258 e. The van der Waals surface area contributed by atoms with Crippen LogP contribution in [0.4, 0.5) is 0 Å². The van der Waals surface area contributed by atoms with Crippen LogP contribution in [0.15, 0.2) is 47.8 Å². The normalized spacial score (nSPS) is 17.0. The van der Waals surface area contributed by atoms with E-state index < -0.39 is 0 Å². The van der Waals surface area contributed by atoms with E-state index in [4.69, 9.17) is 0 Å². The highest BCUT2D eigenvalue weighted by atomic mass is 32.1. The zero-order chi connectivity index (χ0) is 18.1. The topological polar surface area (TPSA) is 38.1 Å². The van der Waals surface area contributed by atoms with Gasteiger partial charge in [-0.15, -0.1) is 11.3 Å². The molecule has 4 rings (SSSR count). The molecular weight excluding hydrogens is 342 g/mol. The van der Waals surface area contributed by atoms with Crippen molar-refractivity contribution in [3.63, 3.8) is 0 Å². The van der Waals surface area contributed by atoms with E-state index in [-0.39, 0.29) is 11.9 Å². The first kappa shape index (κ1) is 17.0. The Labute approximate surface area is 158 Å². The number of aromatic nitrogens is 2. The lowest BCUT2D eigenvalue weighted by Gasteiger charge is -2.24. The highest BCUT2D eigenvalue weighted by Gasteiger charge is 2.33. The maximum absolute atomic E-state index is 13.3. The molecule has 0 unspecified atom stereocenters. The molecule has 0 radical (unpaired) electrons. The number of aryl methyl sites for hydroxylation is 1. The van der Waals surface area contributed by atoms with Gasteiger partial charge in [0.05, 0.1) is 23.8 Å². The van der Waals surface area contributed by atoms with Gasteiger partial charge in [0.15, 0.2) is 0 Å². The van der Waals surface area contributed by atoms with Gasteiger partial charge in [0.1, 0.15) is 0 Å². The van der Waals surface area contributed by atoms with E-state index in [0.29, 0.717) is 6.54 Å². The number of hydrogen-bond donors (Lipinski definition) is 0. The van der Waals surface area contributed by atoms with Crippen molar-refractivity contribution in [3.8, 4) is 0 Å². The summed E-state index contributed by atoms with van der Waals surface area (Å²) in [5.74, 6) is 0.121. The van der Waals surface area contributed by atoms with Gasteiger partial charge in [0, 0.05) is 17.1 Å². The monoisotopic (exact) mass is 365 g/mol. The summed E-state index contributed by atoms with van der Waals surface area (Å²) in [7, 11) is 0. The first-order chi connectivity index (χ1) is 12.6. The van der Waals surface area contributed by atoms with Crippen molar-refractivity contribution in [2.45, 2.75) is 39.3 Å². The number of nitrogens with zero attached hydrogens (tertiary/aromatic N) is 3. The minimum absolute atomic E-state index is 0.121. The summed E-state index contributed by atoms with van der Waals surface area (Å²) < 4.78 is 1.95. The fourth-order valence-electron chi connectivity index (χ4n) is 3.85. The van der Waals surface area contributed by atoms with Crippen molar-refractivity contribution in [1.82, 2.24) is 14.7 Å². The van der Waals surface area contributed by atoms with E-state index in [9.17, 15) is 4.79 Å². The highest BCUT2D eigenvalue weighted by molar-refractivity contribution is 7.10. The quantitative estimate of drug-likeness (QED) is 0.678. The van der Waals surface area contributed by atoms with Crippen molar-refractivity contribution in [1.29, 1.82) is 0 Å². The Hall–Kier alpha value is -2.40. The standard InChI is InChI=1S/C21H23N3OS/c1-15-20(16(2)24(22-15)14-17-8-4-3-5-9-17)21(25)23-12-6-10-18(23)19-11-7-13-26-19/h3-5,7-9,11,13,18H,6,10,12,14H2,1-2H3/t18-/m1/s1. The molecule has 1 atom stereocenters. The predicted octanol–water partition coefficient (Wildman–Crippen LogP) is 4.59. The van der Waals surface area contributed by atoms with E-state index >= 15 is 0 Å². The predicted molar refractivity (Wildman–Crippen MR) is 105 cm³/mol. The Kier molecular flexibility index (Phi) is 4.64. The molecule has 0 N–H and O–H groups in total. The van der Waals surface area contributed by atoms with Crippen molar-refractivity contribution < 1.29 is 4.79 Å². The van der Waals surface area contributed by atoms with E-state index in [1.807, 2.05) is 41.6 Å². The Morgan fingerprint density at radius 2 is 2.00 bits per heavy atom. The lowest BCUT2D eigenvalue weighted by molar-refractivity contribution is 0.0736. The number of carbonyl (C=O) groups is 1. The summed E-state index contributed by atoms with van der Waals surface area (Å²) in [6.07, 6.45) is 2.10. The van der Waals surface area contributed by atoms with Gasteiger partial charge < -0.3 is 4.90 Å². The molecule has 1 saturated heterocycles. The van der Waals surface area contributed by atoms with E-state index in [0.717, 1.165) is 36.3 Å². The third kappa shape index (κ3) is 3.07. The Balaban J connectivity index is 1.62. The third-order valence-electron chi connectivity index (χ3n) is 5.16. The average Bonchev–Trinajstić information content (AvgIpc) is 3.37. The molecule has 0 aliphatic carbocycles. The van der Waals surface area contributed by atoms with Crippen LogP contribution in [0.1, 0.15) is 51.1 Å². The zero-order valence-electron chi connectivity index (χ0n) is 15.2. The minimum atomic E-state index is 0.121.